The van der Waals surface area contributed by atoms with Gasteiger partial charge in [-0.1, -0.05) is 0 Å². The van der Waals surface area contributed by atoms with Gasteiger partial charge < -0.3 is 10.2 Å². The van der Waals surface area contributed by atoms with E-state index in [1.54, 1.807) is 40.8 Å². The zero-order valence-electron chi connectivity index (χ0n) is 14.0. The Morgan fingerprint density at radius 1 is 1.12 bits per heavy atom. The number of rotatable bonds is 3. The number of amides is 2. The maximum atomic E-state index is 12.3. The fraction of sp³-hybridized carbons (Fsp3) is 0.429. The van der Waals surface area contributed by atoms with E-state index in [2.05, 4.69) is 20.8 Å². The smallest absolute Gasteiger partial charge is 0.321 e. The molecule has 1 aromatic carbocycles. The van der Waals surface area contributed by atoms with E-state index in [0.29, 0.717) is 37.7 Å². The number of hydrogen-bond acceptors (Lipinski definition) is 6. The summed E-state index contributed by atoms with van der Waals surface area (Å²) in [7, 11) is -3.21. The van der Waals surface area contributed by atoms with Crippen molar-refractivity contribution >= 4 is 21.7 Å². The van der Waals surface area contributed by atoms with Gasteiger partial charge in [0.1, 0.15) is 0 Å². The van der Waals surface area contributed by atoms with Crippen molar-refractivity contribution in [3.8, 4) is 5.69 Å². The Morgan fingerprint density at radius 2 is 1.76 bits per heavy atom. The first-order valence-corrected chi connectivity index (χ1v) is 9.56. The van der Waals surface area contributed by atoms with Crippen LogP contribution in [-0.4, -0.2) is 76.3 Å². The molecule has 2 heterocycles. The zero-order chi connectivity index (χ0) is 18.0. The number of benzene rings is 1. The minimum absolute atomic E-state index is 0.250. The number of carbonyl (C=O) groups excluding carboxylic acids is 1. The maximum Gasteiger partial charge on any atom is 0.321 e. The quantitative estimate of drug-likeness (QED) is 0.824. The molecule has 0 atom stereocenters. The van der Waals surface area contributed by atoms with Gasteiger partial charge in [0, 0.05) is 31.9 Å². The molecule has 2 aromatic rings. The molecule has 1 aromatic heterocycles. The third kappa shape index (κ3) is 3.94. The van der Waals surface area contributed by atoms with E-state index in [9.17, 15) is 13.2 Å². The number of anilines is 1. The first-order chi connectivity index (χ1) is 11.8. The van der Waals surface area contributed by atoms with Crippen LogP contribution in [0.2, 0.25) is 0 Å². The van der Waals surface area contributed by atoms with Crippen LogP contribution in [0.1, 0.15) is 5.82 Å². The monoisotopic (exact) mass is 365 g/mol. The number of piperazine rings is 1. The van der Waals surface area contributed by atoms with E-state index in [0.717, 1.165) is 5.69 Å². The lowest BCUT2D eigenvalue weighted by Crippen LogP contribution is -2.51. The zero-order valence-corrected chi connectivity index (χ0v) is 14.8. The van der Waals surface area contributed by atoms with E-state index in [-0.39, 0.29) is 6.03 Å². The van der Waals surface area contributed by atoms with Crippen molar-refractivity contribution in [2.45, 2.75) is 6.92 Å². The molecule has 0 unspecified atom stereocenters. The predicted octanol–water partition coefficient (Wildman–Crippen LogP) is 0.0798. The molecule has 1 N–H and O–H groups in total. The van der Waals surface area contributed by atoms with E-state index in [1.807, 2.05) is 0 Å². The van der Waals surface area contributed by atoms with Gasteiger partial charge in [-0.3, -0.25) is 0 Å². The molecule has 0 radical (unpaired) electrons. The molecule has 0 bridgehead atoms. The number of nitrogens with zero attached hydrogens (tertiary/aromatic N) is 6. The summed E-state index contributed by atoms with van der Waals surface area (Å²) in [4.78, 5) is 13.9. The first kappa shape index (κ1) is 17.3. The van der Waals surface area contributed by atoms with Gasteiger partial charge >= 0.3 is 6.03 Å². The van der Waals surface area contributed by atoms with Crippen molar-refractivity contribution in [2.24, 2.45) is 0 Å². The standard InChI is InChI=1S/C14H19N7O3S/c1-11-16-17-18-21(11)13-5-3-12(4-6-13)15-14(22)19-7-9-20(10-8-19)25(2,23)24/h3-6H,7-10H2,1-2H3,(H,15,22). The minimum atomic E-state index is -3.21. The molecule has 10 nitrogen and oxygen atoms in total. The molecule has 0 spiro atoms. The number of aryl methyl sites for hydroxylation is 1. The second kappa shape index (κ2) is 6.76. The molecule has 134 valence electrons. The number of nitrogens with one attached hydrogen (secondary N) is 1. The average molecular weight is 365 g/mol. The van der Waals surface area contributed by atoms with Gasteiger partial charge in [-0.25, -0.2) is 13.2 Å². The molecule has 0 aliphatic carbocycles. The highest BCUT2D eigenvalue weighted by atomic mass is 32.2. The first-order valence-electron chi connectivity index (χ1n) is 7.71. The summed E-state index contributed by atoms with van der Waals surface area (Å²) in [5, 5.41) is 14.1. The SMILES string of the molecule is Cc1nnnn1-c1ccc(NC(=O)N2CCN(S(C)(=O)=O)CC2)cc1. The number of tetrazole rings is 1. The van der Waals surface area contributed by atoms with Gasteiger partial charge in [-0.2, -0.15) is 8.99 Å². The van der Waals surface area contributed by atoms with Gasteiger partial charge in [0.15, 0.2) is 5.82 Å². The minimum Gasteiger partial charge on any atom is -0.322 e. The van der Waals surface area contributed by atoms with E-state index < -0.39 is 10.0 Å². The van der Waals surface area contributed by atoms with Crippen molar-refractivity contribution in [3.63, 3.8) is 0 Å². The molecule has 1 aliphatic rings. The average Bonchev–Trinajstić information content (AvgIpc) is 3.01. The number of carbonyl (C=O) groups is 1. The Morgan fingerprint density at radius 3 is 2.28 bits per heavy atom. The highest BCUT2D eigenvalue weighted by molar-refractivity contribution is 7.88. The largest absolute Gasteiger partial charge is 0.322 e. The van der Waals surface area contributed by atoms with Crippen LogP contribution in [0.4, 0.5) is 10.5 Å². The topological polar surface area (TPSA) is 113 Å². The summed E-state index contributed by atoms with van der Waals surface area (Å²) in [6.45, 7) is 3.14. The Hall–Kier alpha value is -2.53. The number of aromatic nitrogens is 4. The summed E-state index contributed by atoms with van der Waals surface area (Å²) < 4.78 is 26.0. The van der Waals surface area contributed by atoms with Crippen molar-refractivity contribution < 1.29 is 13.2 Å². The van der Waals surface area contributed by atoms with Crippen LogP contribution in [0, 0.1) is 6.92 Å². The van der Waals surface area contributed by atoms with Crippen LogP contribution in [-0.2, 0) is 10.0 Å². The third-order valence-corrected chi connectivity index (χ3v) is 5.29. The fourth-order valence-corrected chi connectivity index (χ4v) is 3.41. The Labute approximate surface area is 145 Å². The highest BCUT2D eigenvalue weighted by Gasteiger charge is 2.25. The molecule has 1 saturated heterocycles. The second-order valence-corrected chi connectivity index (χ2v) is 7.75. The molecule has 11 heteroatoms. The van der Waals surface area contributed by atoms with Gasteiger partial charge in [0.25, 0.3) is 0 Å². The number of urea groups is 1. The van der Waals surface area contributed by atoms with Crippen LogP contribution >= 0.6 is 0 Å². The summed E-state index contributed by atoms with van der Waals surface area (Å²) in [5.74, 6) is 0.667. The van der Waals surface area contributed by atoms with E-state index >= 15 is 0 Å². The van der Waals surface area contributed by atoms with Crippen LogP contribution < -0.4 is 5.32 Å². The molecular formula is C14H19N7O3S. The fourth-order valence-electron chi connectivity index (χ4n) is 2.58. The summed E-state index contributed by atoms with van der Waals surface area (Å²) in [5.41, 5.74) is 1.44. The van der Waals surface area contributed by atoms with Crippen LogP contribution in [0.25, 0.3) is 5.69 Å². The normalized spacial score (nSPS) is 16.0. The van der Waals surface area contributed by atoms with Crippen LogP contribution in [0.15, 0.2) is 24.3 Å². The molecule has 3 rings (SSSR count). The lowest BCUT2D eigenvalue weighted by molar-refractivity contribution is 0.184. The van der Waals surface area contributed by atoms with Gasteiger partial charge in [0.2, 0.25) is 10.0 Å². The highest BCUT2D eigenvalue weighted by Crippen LogP contribution is 2.14. The second-order valence-electron chi connectivity index (χ2n) is 5.76. The Bertz CT molecular complexity index is 855. The van der Waals surface area contributed by atoms with E-state index in [4.69, 9.17) is 0 Å². The van der Waals surface area contributed by atoms with Crippen LogP contribution in [0.5, 0.6) is 0 Å². The summed E-state index contributed by atoms with van der Waals surface area (Å²) in [6, 6.07) is 6.89. The molecule has 1 fully saturated rings. The Balaban J connectivity index is 1.60. The van der Waals surface area contributed by atoms with Crippen molar-refractivity contribution in [2.75, 3.05) is 37.8 Å². The Kier molecular flexibility index (Phi) is 4.68. The van der Waals surface area contributed by atoms with Crippen molar-refractivity contribution in [3.05, 3.63) is 30.1 Å². The van der Waals surface area contributed by atoms with Crippen molar-refractivity contribution in [1.82, 2.24) is 29.4 Å². The molecule has 0 saturated carbocycles. The van der Waals surface area contributed by atoms with Gasteiger partial charge in [-0.15, -0.1) is 5.10 Å². The van der Waals surface area contributed by atoms with Gasteiger partial charge in [-0.05, 0) is 41.6 Å². The molecule has 1 aliphatic heterocycles. The maximum absolute atomic E-state index is 12.3. The molecule has 2 amide bonds. The molecular weight excluding hydrogens is 346 g/mol. The lowest BCUT2D eigenvalue weighted by atomic mass is 10.3. The predicted molar refractivity (Wildman–Crippen MR) is 90.9 cm³/mol. The molecule has 25 heavy (non-hydrogen) atoms. The summed E-state index contributed by atoms with van der Waals surface area (Å²) >= 11 is 0. The number of hydrogen-bond donors (Lipinski definition) is 1. The number of sulfonamides is 1. The van der Waals surface area contributed by atoms with Crippen LogP contribution in [0.3, 0.4) is 0 Å². The lowest BCUT2D eigenvalue weighted by Gasteiger charge is -2.33. The van der Waals surface area contributed by atoms with Gasteiger partial charge in [0.05, 0.1) is 11.9 Å². The third-order valence-electron chi connectivity index (χ3n) is 3.98. The van der Waals surface area contributed by atoms with Crippen molar-refractivity contribution in [1.29, 1.82) is 0 Å². The van der Waals surface area contributed by atoms with E-state index in [1.165, 1.54) is 10.6 Å². The summed E-state index contributed by atoms with van der Waals surface area (Å²) in [6.07, 6.45) is 1.18.